The Bertz CT molecular complexity index is 695. The molecule has 21 heavy (non-hydrogen) atoms. The van der Waals surface area contributed by atoms with Gasteiger partial charge in [-0.15, -0.1) is 0 Å². The Hall–Kier alpha value is -1.70. The second-order valence-electron chi connectivity index (χ2n) is 4.73. The monoisotopic (exact) mass is 308 g/mol. The van der Waals surface area contributed by atoms with E-state index in [2.05, 4.69) is 20.2 Å². The van der Waals surface area contributed by atoms with Gasteiger partial charge in [0.25, 0.3) is 0 Å². The summed E-state index contributed by atoms with van der Waals surface area (Å²) in [6.07, 6.45) is 1.63. The van der Waals surface area contributed by atoms with E-state index in [0.717, 1.165) is 23.4 Å². The number of aryl methyl sites for hydroxylation is 1. The number of H-pyrrole nitrogens is 1. The average Bonchev–Trinajstić information content (AvgIpc) is 2.89. The third-order valence-corrected chi connectivity index (χ3v) is 4.72. The molecule has 1 aromatic carbocycles. The van der Waals surface area contributed by atoms with Crippen molar-refractivity contribution in [3.63, 3.8) is 0 Å². The molecule has 7 heteroatoms. The molecule has 6 nitrogen and oxygen atoms in total. The lowest BCUT2D eigenvalue weighted by molar-refractivity contribution is 0.578. The van der Waals surface area contributed by atoms with Gasteiger partial charge in [0, 0.05) is 24.3 Å². The van der Waals surface area contributed by atoms with E-state index in [1.54, 1.807) is 18.3 Å². The van der Waals surface area contributed by atoms with Gasteiger partial charge in [-0.05, 0) is 25.1 Å². The minimum atomic E-state index is -3.55. The average molecular weight is 308 g/mol. The molecule has 2 aromatic rings. The van der Waals surface area contributed by atoms with Crippen molar-refractivity contribution in [1.29, 1.82) is 0 Å². The number of nitrogens with zero attached hydrogens (tertiary/aromatic N) is 1. The normalized spacial score (nSPS) is 11.7. The maximum atomic E-state index is 12.5. The third-order valence-electron chi connectivity index (χ3n) is 3.21. The molecule has 0 saturated heterocycles. The summed E-state index contributed by atoms with van der Waals surface area (Å²) < 4.78 is 27.5. The van der Waals surface area contributed by atoms with Crippen molar-refractivity contribution in [2.75, 3.05) is 6.54 Å². The highest BCUT2D eigenvalue weighted by Crippen LogP contribution is 2.16. The van der Waals surface area contributed by atoms with Crippen molar-refractivity contribution in [2.45, 2.75) is 31.8 Å². The van der Waals surface area contributed by atoms with E-state index >= 15 is 0 Å². The lowest BCUT2D eigenvalue weighted by Crippen LogP contribution is -2.25. The Balaban J connectivity index is 2.17. The summed E-state index contributed by atoms with van der Waals surface area (Å²) in [5, 5.41) is 9.82. The van der Waals surface area contributed by atoms with Crippen LogP contribution in [0.3, 0.4) is 0 Å². The lowest BCUT2D eigenvalue weighted by Gasteiger charge is -2.11. The quantitative estimate of drug-likeness (QED) is 0.719. The Morgan fingerprint density at radius 3 is 2.62 bits per heavy atom. The molecule has 0 unspecified atom stereocenters. The Kier molecular flexibility index (Phi) is 5.11. The van der Waals surface area contributed by atoms with Gasteiger partial charge >= 0.3 is 0 Å². The fraction of sp³-hybridized carbons (Fsp3) is 0.357. The molecule has 0 saturated carbocycles. The van der Waals surface area contributed by atoms with Gasteiger partial charge in [-0.2, -0.15) is 5.10 Å². The lowest BCUT2D eigenvalue weighted by atomic mass is 10.2. The highest BCUT2D eigenvalue weighted by atomic mass is 32.2. The Labute approximate surface area is 125 Å². The largest absolute Gasteiger partial charge is 0.313 e. The van der Waals surface area contributed by atoms with Gasteiger partial charge in [-0.3, -0.25) is 5.10 Å². The molecule has 3 N–H and O–H groups in total. The highest BCUT2D eigenvalue weighted by molar-refractivity contribution is 7.89. The van der Waals surface area contributed by atoms with Gasteiger partial charge in [0.05, 0.1) is 11.1 Å². The van der Waals surface area contributed by atoms with E-state index in [0.29, 0.717) is 11.4 Å². The van der Waals surface area contributed by atoms with Crippen LogP contribution in [0, 0.1) is 6.92 Å². The number of benzene rings is 1. The maximum absolute atomic E-state index is 12.5. The third kappa shape index (κ3) is 3.90. The van der Waals surface area contributed by atoms with E-state index in [4.69, 9.17) is 0 Å². The smallest absolute Gasteiger partial charge is 0.241 e. The second kappa shape index (κ2) is 6.84. The predicted octanol–water partition coefficient (Wildman–Crippen LogP) is 1.31. The Morgan fingerprint density at radius 1 is 1.19 bits per heavy atom. The minimum absolute atomic E-state index is 0.222. The van der Waals surface area contributed by atoms with Crippen LogP contribution < -0.4 is 10.0 Å². The SMILES string of the molecule is CCNCc1ccccc1S(=O)(=O)NCc1cn[nH]c1C. The zero-order chi connectivity index (χ0) is 15.3. The van der Waals surface area contributed by atoms with E-state index in [-0.39, 0.29) is 6.54 Å². The number of rotatable bonds is 7. The first-order valence-corrected chi connectivity index (χ1v) is 8.30. The standard InChI is InChI=1S/C14H20N4O2S/c1-3-15-8-12-6-4-5-7-14(12)21(19,20)17-10-13-9-16-18-11(13)2/h4-7,9,15,17H,3,8,10H2,1-2H3,(H,16,18). The van der Waals surface area contributed by atoms with Crippen molar-refractivity contribution in [3.05, 3.63) is 47.3 Å². The number of aromatic nitrogens is 2. The maximum Gasteiger partial charge on any atom is 0.241 e. The van der Waals surface area contributed by atoms with E-state index < -0.39 is 10.0 Å². The molecule has 0 aliphatic heterocycles. The number of aromatic amines is 1. The molecule has 0 aliphatic rings. The minimum Gasteiger partial charge on any atom is -0.313 e. The van der Waals surface area contributed by atoms with Crippen LogP contribution in [0.25, 0.3) is 0 Å². The van der Waals surface area contributed by atoms with E-state index in [1.807, 2.05) is 26.0 Å². The van der Waals surface area contributed by atoms with Crippen molar-refractivity contribution >= 4 is 10.0 Å². The fourth-order valence-corrected chi connectivity index (χ4v) is 3.22. The van der Waals surface area contributed by atoms with Gasteiger partial charge in [0.2, 0.25) is 10.0 Å². The van der Waals surface area contributed by atoms with Crippen molar-refractivity contribution < 1.29 is 8.42 Å². The van der Waals surface area contributed by atoms with Crippen LogP contribution in [-0.4, -0.2) is 25.2 Å². The van der Waals surface area contributed by atoms with Gasteiger partial charge in [-0.1, -0.05) is 25.1 Å². The zero-order valence-corrected chi connectivity index (χ0v) is 13.0. The summed E-state index contributed by atoms with van der Waals surface area (Å²) in [6.45, 7) is 5.38. The van der Waals surface area contributed by atoms with Gasteiger partial charge in [-0.25, -0.2) is 13.1 Å². The Morgan fingerprint density at radius 2 is 1.95 bits per heavy atom. The summed E-state index contributed by atoms with van der Waals surface area (Å²) >= 11 is 0. The molecule has 0 spiro atoms. The predicted molar refractivity (Wildman–Crippen MR) is 81.2 cm³/mol. The summed E-state index contributed by atoms with van der Waals surface area (Å²) in [5.74, 6) is 0. The van der Waals surface area contributed by atoms with Gasteiger partial charge in [0.1, 0.15) is 0 Å². The summed E-state index contributed by atoms with van der Waals surface area (Å²) in [6, 6.07) is 7.01. The molecule has 1 heterocycles. The fourth-order valence-electron chi connectivity index (χ4n) is 1.98. The van der Waals surface area contributed by atoms with Crippen molar-refractivity contribution in [1.82, 2.24) is 20.2 Å². The summed E-state index contributed by atoms with van der Waals surface area (Å²) in [4.78, 5) is 0.312. The zero-order valence-electron chi connectivity index (χ0n) is 12.2. The molecule has 0 atom stereocenters. The van der Waals surface area contributed by atoms with E-state index in [9.17, 15) is 8.42 Å². The molecular formula is C14H20N4O2S. The first kappa shape index (κ1) is 15.7. The molecule has 0 radical (unpaired) electrons. The number of nitrogens with one attached hydrogen (secondary N) is 3. The van der Waals surface area contributed by atoms with Crippen molar-refractivity contribution in [2.24, 2.45) is 0 Å². The van der Waals surface area contributed by atoms with Crippen LogP contribution in [0.2, 0.25) is 0 Å². The van der Waals surface area contributed by atoms with Gasteiger partial charge < -0.3 is 5.32 Å². The highest BCUT2D eigenvalue weighted by Gasteiger charge is 2.18. The first-order chi connectivity index (χ1) is 10.0. The molecule has 0 aliphatic carbocycles. The van der Waals surface area contributed by atoms with E-state index in [1.165, 1.54) is 0 Å². The molecular weight excluding hydrogens is 288 g/mol. The summed E-state index contributed by atoms with van der Waals surface area (Å²) in [5.41, 5.74) is 2.46. The topological polar surface area (TPSA) is 86.9 Å². The molecule has 1 aromatic heterocycles. The number of hydrogen-bond acceptors (Lipinski definition) is 4. The first-order valence-electron chi connectivity index (χ1n) is 6.81. The van der Waals surface area contributed by atoms with Crippen LogP contribution in [0.15, 0.2) is 35.4 Å². The molecule has 0 bridgehead atoms. The van der Waals surface area contributed by atoms with Crippen LogP contribution in [0.5, 0.6) is 0 Å². The molecule has 0 amide bonds. The second-order valence-corrected chi connectivity index (χ2v) is 6.47. The molecule has 2 rings (SSSR count). The van der Waals surface area contributed by atoms with Crippen molar-refractivity contribution in [3.8, 4) is 0 Å². The van der Waals surface area contributed by atoms with Crippen LogP contribution in [0.1, 0.15) is 23.7 Å². The molecule has 114 valence electrons. The number of hydrogen-bond donors (Lipinski definition) is 3. The van der Waals surface area contributed by atoms with Crippen LogP contribution in [-0.2, 0) is 23.1 Å². The number of sulfonamides is 1. The molecule has 0 fully saturated rings. The van der Waals surface area contributed by atoms with Gasteiger partial charge in [0.15, 0.2) is 0 Å². The van der Waals surface area contributed by atoms with Crippen LogP contribution >= 0.6 is 0 Å². The van der Waals surface area contributed by atoms with Crippen LogP contribution in [0.4, 0.5) is 0 Å². The summed E-state index contributed by atoms with van der Waals surface area (Å²) in [7, 11) is -3.55.